The van der Waals surface area contributed by atoms with Crippen molar-refractivity contribution in [2.45, 2.75) is 31.5 Å². The van der Waals surface area contributed by atoms with E-state index in [9.17, 15) is 4.79 Å². The zero-order valence-corrected chi connectivity index (χ0v) is 18.8. The Labute approximate surface area is 189 Å². The zero-order valence-electron chi connectivity index (χ0n) is 18.8. The van der Waals surface area contributed by atoms with Gasteiger partial charge in [0.25, 0.3) is 0 Å². The second-order valence-corrected chi connectivity index (χ2v) is 9.03. The number of amides is 1. The fourth-order valence-corrected chi connectivity index (χ4v) is 5.35. The first-order chi connectivity index (χ1) is 15.5. The summed E-state index contributed by atoms with van der Waals surface area (Å²) in [5, 5.41) is 0. The largest absolute Gasteiger partial charge is 0.497 e. The van der Waals surface area contributed by atoms with Gasteiger partial charge in [0.2, 0.25) is 5.91 Å². The summed E-state index contributed by atoms with van der Waals surface area (Å²) in [4.78, 5) is 17.8. The van der Waals surface area contributed by atoms with E-state index in [1.54, 1.807) is 7.11 Å². The lowest BCUT2D eigenvalue weighted by Gasteiger charge is -2.46. The molecule has 4 nitrogen and oxygen atoms in total. The highest BCUT2D eigenvalue weighted by atomic mass is 16.5. The predicted octanol–water partition coefficient (Wildman–Crippen LogP) is 5.24. The third kappa shape index (κ3) is 2.94. The highest BCUT2D eigenvalue weighted by molar-refractivity contribution is 5.91. The molecule has 0 N–H and O–H groups in total. The monoisotopic (exact) mass is 424 g/mol. The molecule has 1 fully saturated rings. The van der Waals surface area contributed by atoms with E-state index in [4.69, 9.17) is 4.74 Å². The molecule has 5 rings (SSSR count). The van der Waals surface area contributed by atoms with Gasteiger partial charge < -0.3 is 14.5 Å². The lowest BCUT2D eigenvalue weighted by Crippen LogP contribution is -2.60. The van der Waals surface area contributed by atoms with E-state index in [0.29, 0.717) is 13.1 Å². The molecule has 1 atom stereocenters. The summed E-state index contributed by atoms with van der Waals surface area (Å²) in [5.41, 5.74) is 3.72. The number of benzene rings is 3. The highest BCUT2D eigenvalue weighted by Crippen LogP contribution is 2.56. The van der Waals surface area contributed by atoms with Gasteiger partial charge in [-0.1, -0.05) is 80.6 Å². The topological polar surface area (TPSA) is 32.8 Å². The molecule has 4 heteroatoms. The van der Waals surface area contributed by atoms with Crippen molar-refractivity contribution in [3.8, 4) is 5.75 Å². The van der Waals surface area contributed by atoms with Crippen LogP contribution in [-0.2, 0) is 16.8 Å². The van der Waals surface area contributed by atoms with Gasteiger partial charge in [-0.25, -0.2) is 0 Å². The van der Waals surface area contributed by atoms with Crippen molar-refractivity contribution in [2.24, 2.45) is 0 Å². The minimum atomic E-state index is -0.594. The van der Waals surface area contributed by atoms with E-state index in [2.05, 4.69) is 72.2 Å². The summed E-state index contributed by atoms with van der Waals surface area (Å²) in [6.07, 6.45) is 4.36. The molecule has 32 heavy (non-hydrogen) atoms. The van der Waals surface area contributed by atoms with Crippen molar-refractivity contribution in [3.63, 3.8) is 0 Å². The Morgan fingerprint density at radius 3 is 2.34 bits per heavy atom. The number of fused-ring (bicyclic) bond motifs is 3. The molecule has 2 aliphatic rings. The third-order valence-electron chi connectivity index (χ3n) is 7.01. The van der Waals surface area contributed by atoms with Gasteiger partial charge in [0.15, 0.2) is 0 Å². The first kappa shape index (κ1) is 20.4. The van der Waals surface area contributed by atoms with Crippen molar-refractivity contribution < 1.29 is 9.53 Å². The van der Waals surface area contributed by atoms with Gasteiger partial charge in [-0.05, 0) is 41.0 Å². The molecular weight excluding hydrogens is 396 g/mol. The van der Waals surface area contributed by atoms with E-state index in [0.717, 1.165) is 22.6 Å². The van der Waals surface area contributed by atoms with E-state index < -0.39 is 5.66 Å². The number of hydrogen-bond acceptors (Lipinski definition) is 3. The molecule has 0 unspecified atom stereocenters. The normalized spacial score (nSPS) is 21.2. The number of ether oxygens (including phenoxy) is 1. The van der Waals surface area contributed by atoms with Crippen molar-refractivity contribution in [1.29, 1.82) is 0 Å². The van der Waals surface area contributed by atoms with Crippen LogP contribution in [0.3, 0.4) is 0 Å². The summed E-state index contributed by atoms with van der Waals surface area (Å²) in [6, 6.07) is 26.7. The Kier molecular flexibility index (Phi) is 4.81. The third-order valence-corrected chi connectivity index (χ3v) is 7.01. The van der Waals surface area contributed by atoms with Gasteiger partial charge in [-0.15, -0.1) is 0 Å². The Bertz CT molecular complexity index is 1170. The predicted molar refractivity (Wildman–Crippen MR) is 129 cm³/mol. The molecular formula is C28H28N2O2. The number of carbonyl (C=O) groups excluding carboxylic acids is 1. The number of methoxy groups -OCH3 is 1. The first-order valence-electron chi connectivity index (χ1n) is 11.0. The minimum absolute atomic E-state index is 0.149. The molecule has 2 heterocycles. The van der Waals surface area contributed by atoms with Crippen molar-refractivity contribution in [2.75, 3.05) is 18.6 Å². The quantitative estimate of drug-likeness (QED) is 0.561. The summed E-state index contributed by atoms with van der Waals surface area (Å²) in [6.45, 7) is 5.45. The summed E-state index contributed by atoms with van der Waals surface area (Å²) < 4.78 is 5.30. The number of hydrogen-bond donors (Lipinski definition) is 0. The maximum Gasteiger partial charge on any atom is 0.244 e. The summed E-state index contributed by atoms with van der Waals surface area (Å²) in [7, 11) is 1.67. The van der Waals surface area contributed by atoms with Crippen LogP contribution < -0.4 is 9.64 Å². The summed E-state index contributed by atoms with van der Waals surface area (Å²) >= 11 is 0. The number of para-hydroxylation sites is 1. The van der Waals surface area contributed by atoms with Gasteiger partial charge in [0.05, 0.1) is 13.7 Å². The molecule has 0 radical (unpaired) electrons. The molecule has 0 bridgehead atoms. The van der Waals surface area contributed by atoms with E-state index in [1.807, 2.05) is 42.5 Å². The van der Waals surface area contributed by atoms with Crippen molar-refractivity contribution in [3.05, 3.63) is 102 Å². The molecule has 0 aromatic heterocycles. The van der Waals surface area contributed by atoms with Crippen LogP contribution >= 0.6 is 0 Å². The molecule has 3 aromatic carbocycles. The zero-order chi connectivity index (χ0) is 22.3. The van der Waals surface area contributed by atoms with Gasteiger partial charge in [-0.3, -0.25) is 4.79 Å². The van der Waals surface area contributed by atoms with Gasteiger partial charge >= 0.3 is 0 Å². The van der Waals surface area contributed by atoms with Gasteiger partial charge in [-0.2, -0.15) is 0 Å². The molecule has 0 saturated carbocycles. The van der Waals surface area contributed by atoms with Gasteiger partial charge in [0.1, 0.15) is 11.4 Å². The maximum atomic E-state index is 13.4. The average Bonchev–Trinajstić information content (AvgIpc) is 3.20. The highest BCUT2D eigenvalue weighted by Gasteiger charge is 2.63. The Balaban J connectivity index is 1.64. The summed E-state index contributed by atoms with van der Waals surface area (Å²) in [5.74, 6) is 0.980. The Morgan fingerprint density at radius 1 is 0.938 bits per heavy atom. The molecule has 0 spiro atoms. The fourth-order valence-electron chi connectivity index (χ4n) is 5.35. The lowest BCUT2D eigenvalue weighted by molar-refractivity contribution is -0.131. The standard InChI is InChI=1S/C28H28N2O2/c1-27(2)24-11-7-8-12-25(24)29-20-26(31)30(19-22-9-5-4-6-10-22)28(27,29)18-17-21-13-15-23(32-3)16-14-21/h4-18H,19-20H2,1-3H3/b18-17-/t28-/m1/s1. The second kappa shape index (κ2) is 7.56. The minimum Gasteiger partial charge on any atom is -0.497 e. The number of anilines is 1. The van der Waals surface area contributed by atoms with E-state index in [-0.39, 0.29) is 11.3 Å². The van der Waals surface area contributed by atoms with Crippen molar-refractivity contribution >= 4 is 17.7 Å². The Morgan fingerprint density at radius 2 is 1.62 bits per heavy atom. The fraction of sp³-hybridized carbons (Fsp3) is 0.250. The number of rotatable bonds is 5. The second-order valence-electron chi connectivity index (χ2n) is 9.03. The number of carbonyl (C=O) groups is 1. The Hall–Kier alpha value is -3.53. The first-order valence-corrected chi connectivity index (χ1v) is 11.0. The van der Waals surface area contributed by atoms with Crippen LogP contribution in [-0.4, -0.2) is 30.1 Å². The van der Waals surface area contributed by atoms with Crippen LogP contribution in [0.2, 0.25) is 0 Å². The smallest absolute Gasteiger partial charge is 0.244 e. The molecule has 3 aromatic rings. The molecule has 2 aliphatic heterocycles. The van der Waals surface area contributed by atoms with E-state index >= 15 is 0 Å². The van der Waals surface area contributed by atoms with Crippen LogP contribution in [0.25, 0.3) is 6.08 Å². The molecule has 1 saturated heterocycles. The molecule has 0 aliphatic carbocycles. The van der Waals surface area contributed by atoms with Crippen LogP contribution in [0, 0.1) is 0 Å². The lowest BCUT2D eigenvalue weighted by atomic mass is 9.74. The van der Waals surface area contributed by atoms with E-state index in [1.165, 1.54) is 5.56 Å². The maximum absolute atomic E-state index is 13.4. The number of nitrogens with zero attached hydrogens (tertiary/aromatic N) is 2. The molecule has 162 valence electrons. The SMILES string of the molecule is COc1ccc(/C=C\[C@]23N(Cc4ccccc4)C(=O)CN2c2ccccc2C3(C)C)cc1. The van der Waals surface area contributed by atoms with Gasteiger partial charge in [0, 0.05) is 17.6 Å². The van der Waals surface area contributed by atoms with Crippen LogP contribution in [0.5, 0.6) is 5.75 Å². The van der Waals surface area contributed by atoms with Crippen molar-refractivity contribution in [1.82, 2.24) is 4.90 Å². The van der Waals surface area contributed by atoms with Crippen LogP contribution in [0.1, 0.15) is 30.5 Å². The van der Waals surface area contributed by atoms with Crippen LogP contribution in [0.4, 0.5) is 5.69 Å². The average molecular weight is 425 g/mol. The molecule has 1 amide bonds. The van der Waals surface area contributed by atoms with Crippen LogP contribution in [0.15, 0.2) is 84.9 Å².